The molecule has 6 heteroatoms. The van der Waals surface area contributed by atoms with Crippen molar-refractivity contribution >= 4 is 11.6 Å². The molecule has 3 N–H and O–H groups in total. The third-order valence-electron chi connectivity index (χ3n) is 4.07. The van der Waals surface area contributed by atoms with Gasteiger partial charge in [-0.3, -0.25) is 14.9 Å². The van der Waals surface area contributed by atoms with Crippen LogP contribution in [0.1, 0.15) is 37.7 Å². The van der Waals surface area contributed by atoms with Crippen molar-refractivity contribution in [3.8, 4) is 0 Å². The first kappa shape index (κ1) is 15.4. The van der Waals surface area contributed by atoms with Crippen LogP contribution >= 0.6 is 0 Å². The minimum atomic E-state index is -0.763. The highest BCUT2D eigenvalue weighted by Gasteiger charge is 2.34. The van der Waals surface area contributed by atoms with E-state index in [0.29, 0.717) is 31.4 Å². The lowest BCUT2D eigenvalue weighted by Gasteiger charge is -2.31. The van der Waals surface area contributed by atoms with Crippen molar-refractivity contribution in [2.75, 3.05) is 6.54 Å². The molecule has 6 nitrogen and oxygen atoms in total. The van der Waals surface area contributed by atoms with Gasteiger partial charge in [0.05, 0.1) is 10.5 Å². The molecule has 1 saturated carbocycles. The highest BCUT2D eigenvalue weighted by atomic mass is 16.6. The van der Waals surface area contributed by atoms with Crippen LogP contribution in [-0.2, 0) is 11.2 Å². The Labute approximate surface area is 123 Å². The first-order valence-electron chi connectivity index (χ1n) is 7.32. The Morgan fingerprint density at radius 3 is 2.62 bits per heavy atom. The summed E-state index contributed by atoms with van der Waals surface area (Å²) in [4.78, 5) is 22.7. The molecule has 114 valence electrons. The van der Waals surface area contributed by atoms with E-state index < -0.39 is 10.5 Å². The molecule has 1 amide bonds. The quantitative estimate of drug-likeness (QED) is 0.639. The Morgan fingerprint density at radius 2 is 1.95 bits per heavy atom. The van der Waals surface area contributed by atoms with Gasteiger partial charge in [-0.1, -0.05) is 37.5 Å². The zero-order valence-electron chi connectivity index (χ0n) is 12.0. The van der Waals surface area contributed by atoms with Gasteiger partial charge in [0, 0.05) is 18.2 Å². The lowest BCUT2D eigenvalue weighted by molar-refractivity contribution is -0.385. The summed E-state index contributed by atoms with van der Waals surface area (Å²) in [6.07, 6.45) is 4.94. The Hall–Kier alpha value is -1.95. The number of hydrogen-bond acceptors (Lipinski definition) is 4. The molecule has 1 aliphatic carbocycles. The fourth-order valence-electron chi connectivity index (χ4n) is 2.80. The van der Waals surface area contributed by atoms with E-state index in [1.807, 2.05) is 0 Å². The molecular weight excluding hydrogens is 270 g/mol. The smallest absolute Gasteiger partial charge is 0.272 e. The maximum Gasteiger partial charge on any atom is 0.272 e. The van der Waals surface area contributed by atoms with Gasteiger partial charge in [-0.2, -0.15) is 0 Å². The van der Waals surface area contributed by atoms with E-state index in [4.69, 9.17) is 5.73 Å². The Bertz CT molecular complexity index is 525. The van der Waals surface area contributed by atoms with E-state index in [2.05, 4.69) is 5.32 Å². The number of carbonyl (C=O) groups excluding carboxylic acids is 1. The van der Waals surface area contributed by atoms with Gasteiger partial charge in [0.15, 0.2) is 0 Å². The van der Waals surface area contributed by atoms with Crippen LogP contribution in [0.3, 0.4) is 0 Å². The molecule has 0 aromatic heterocycles. The Morgan fingerprint density at radius 1 is 1.29 bits per heavy atom. The fraction of sp³-hybridized carbons (Fsp3) is 0.533. The third-order valence-corrected chi connectivity index (χ3v) is 4.07. The number of nitrogens with one attached hydrogen (secondary N) is 1. The summed E-state index contributed by atoms with van der Waals surface area (Å²) in [7, 11) is 0. The molecule has 0 spiro atoms. The van der Waals surface area contributed by atoms with Crippen molar-refractivity contribution in [3.63, 3.8) is 0 Å². The second-order valence-electron chi connectivity index (χ2n) is 5.61. The van der Waals surface area contributed by atoms with Gasteiger partial charge in [0.25, 0.3) is 5.69 Å². The SMILES string of the molecule is NC1(C(=O)NCCc2ccccc2[N+](=O)[O-])CCCCC1. The zero-order chi connectivity index (χ0) is 15.3. The van der Waals surface area contributed by atoms with Crippen LogP contribution in [0.5, 0.6) is 0 Å². The number of nitrogens with zero attached hydrogens (tertiary/aromatic N) is 1. The van der Waals surface area contributed by atoms with Crippen LogP contribution < -0.4 is 11.1 Å². The topological polar surface area (TPSA) is 98.3 Å². The molecule has 0 saturated heterocycles. The van der Waals surface area contributed by atoms with Crippen LogP contribution in [0.15, 0.2) is 24.3 Å². The lowest BCUT2D eigenvalue weighted by atomic mass is 9.82. The molecular formula is C15H21N3O3. The molecule has 0 unspecified atom stereocenters. The standard InChI is InChI=1S/C15H21N3O3/c16-15(9-4-1-5-10-15)14(19)17-11-8-12-6-2-3-7-13(12)18(20)21/h2-3,6-7H,1,4-5,8-11,16H2,(H,17,19). The van der Waals surface area contributed by atoms with Crippen LogP contribution in [0.25, 0.3) is 0 Å². The van der Waals surface area contributed by atoms with Gasteiger partial charge in [-0.15, -0.1) is 0 Å². The summed E-state index contributed by atoms with van der Waals surface area (Å²) in [5.74, 6) is -0.138. The molecule has 0 heterocycles. The van der Waals surface area contributed by atoms with E-state index >= 15 is 0 Å². The Kier molecular flexibility index (Phi) is 4.90. The van der Waals surface area contributed by atoms with E-state index in [1.54, 1.807) is 18.2 Å². The number of nitrogens with two attached hydrogens (primary N) is 1. The summed E-state index contributed by atoms with van der Waals surface area (Å²) in [6.45, 7) is 0.364. The van der Waals surface area contributed by atoms with Crippen LogP contribution in [-0.4, -0.2) is 22.9 Å². The van der Waals surface area contributed by atoms with E-state index in [-0.39, 0.29) is 11.6 Å². The van der Waals surface area contributed by atoms with Gasteiger partial charge in [0.1, 0.15) is 0 Å². The maximum atomic E-state index is 12.2. The number of carbonyl (C=O) groups is 1. The predicted octanol–water partition coefficient (Wildman–Crippen LogP) is 1.92. The first-order valence-corrected chi connectivity index (χ1v) is 7.32. The Balaban J connectivity index is 1.90. The minimum absolute atomic E-state index is 0.0897. The fourth-order valence-corrected chi connectivity index (χ4v) is 2.80. The number of amides is 1. The van der Waals surface area contributed by atoms with Gasteiger partial charge in [-0.25, -0.2) is 0 Å². The summed E-state index contributed by atoms with van der Waals surface area (Å²) >= 11 is 0. The van der Waals surface area contributed by atoms with Gasteiger partial charge < -0.3 is 11.1 Å². The highest BCUT2D eigenvalue weighted by Crippen LogP contribution is 2.26. The zero-order valence-corrected chi connectivity index (χ0v) is 12.0. The summed E-state index contributed by atoms with van der Waals surface area (Å²) in [6, 6.07) is 6.58. The molecule has 1 fully saturated rings. The average molecular weight is 291 g/mol. The number of hydrogen-bond donors (Lipinski definition) is 2. The molecule has 0 atom stereocenters. The molecule has 1 aromatic carbocycles. The monoisotopic (exact) mass is 291 g/mol. The lowest BCUT2D eigenvalue weighted by Crippen LogP contribution is -2.55. The summed E-state index contributed by atoms with van der Waals surface area (Å²) in [5, 5.41) is 13.7. The second kappa shape index (κ2) is 6.67. The molecule has 0 bridgehead atoms. The average Bonchev–Trinajstić information content (AvgIpc) is 2.48. The van der Waals surface area contributed by atoms with E-state index in [0.717, 1.165) is 19.3 Å². The number of nitro groups is 1. The second-order valence-corrected chi connectivity index (χ2v) is 5.61. The van der Waals surface area contributed by atoms with Gasteiger partial charge >= 0.3 is 0 Å². The van der Waals surface area contributed by atoms with Crippen molar-refractivity contribution in [1.29, 1.82) is 0 Å². The molecule has 0 aliphatic heterocycles. The first-order chi connectivity index (χ1) is 10.0. The molecule has 1 aromatic rings. The van der Waals surface area contributed by atoms with Crippen LogP contribution in [0.4, 0.5) is 5.69 Å². The van der Waals surface area contributed by atoms with Crippen molar-refractivity contribution in [2.45, 2.75) is 44.1 Å². The van der Waals surface area contributed by atoms with Crippen molar-refractivity contribution in [1.82, 2.24) is 5.32 Å². The highest BCUT2D eigenvalue weighted by molar-refractivity contribution is 5.86. The van der Waals surface area contributed by atoms with E-state index in [1.165, 1.54) is 6.07 Å². The number of para-hydroxylation sites is 1. The third kappa shape index (κ3) is 3.78. The minimum Gasteiger partial charge on any atom is -0.354 e. The van der Waals surface area contributed by atoms with Crippen molar-refractivity contribution in [2.24, 2.45) is 5.73 Å². The normalized spacial score (nSPS) is 17.2. The van der Waals surface area contributed by atoms with Crippen LogP contribution in [0, 0.1) is 10.1 Å². The molecule has 0 radical (unpaired) electrons. The summed E-state index contributed by atoms with van der Waals surface area (Å²) < 4.78 is 0. The number of benzene rings is 1. The van der Waals surface area contributed by atoms with Crippen molar-refractivity contribution in [3.05, 3.63) is 39.9 Å². The van der Waals surface area contributed by atoms with Crippen molar-refractivity contribution < 1.29 is 9.72 Å². The van der Waals surface area contributed by atoms with E-state index in [9.17, 15) is 14.9 Å². The predicted molar refractivity (Wildman–Crippen MR) is 79.8 cm³/mol. The van der Waals surface area contributed by atoms with Gasteiger partial charge in [-0.05, 0) is 19.3 Å². The molecule has 1 aliphatic rings. The maximum absolute atomic E-state index is 12.2. The molecule has 21 heavy (non-hydrogen) atoms. The van der Waals surface area contributed by atoms with Gasteiger partial charge in [0.2, 0.25) is 5.91 Å². The number of nitro benzene ring substituents is 1. The van der Waals surface area contributed by atoms with Crippen LogP contribution in [0.2, 0.25) is 0 Å². The summed E-state index contributed by atoms with van der Waals surface area (Å²) in [5.41, 5.74) is 6.09. The molecule has 2 rings (SSSR count). The number of rotatable bonds is 5. The largest absolute Gasteiger partial charge is 0.354 e.